The molecule has 5 nitrogen and oxygen atoms in total. The number of nitrogens with two attached hydrogens (primary N) is 1. The quantitative estimate of drug-likeness (QED) is 0.503. The zero-order valence-corrected chi connectivity index (χ0v) is 19.3. The summed E-state index contributed by atoms with van der Waals surface area (Å²) in [5.74, 6) is 2.95. The third-order valence-electron chi connectivity index (χ3n) is 6.01. The summed E-state index contributed by atoms with van der Waals surface area (Å²) in [7, 11) is 0. The molecule has 0 radical (unpaired) electrons. The lowest BCUT2D eigenvalue weighted by atomic mass is 9.93. The van der Waals surface area contributed by atoms with Gasteiger partial charge in [0.25, 0.3) is 0 Å². The van der Waals surface area contributed by atoms with Gasteiger partial charge in [0.15, 0.2) is 0 Å². The molecule has 164 valence electrons. The SMILES string of the molecule is Cc1c(Cl)cccc1CC(=O)CC(CCN)c1nnc(CCCC(C)C)n1C1CC1. The molecule has 0 spiro atoms. The number of ketones is 1. The van der Waals surface area contributed by atoms with Crippen LogP contribution in [0.15, 0.2) is 18.2 Å². The van der Waals surface area contributed by atoms with Crippen LogP contribution in [-0.4, -0.2) is 27.1 Å². The highest BCUT2D eigenvalue weighted by molar-refractivity contribution is 6.31. The van der Waals surface area contributed by atoms with Gasteiger partial charge in [0.1, 0.15) is 17.4 Å². The number of rotatable bonds is 12. The van der Waals surface area contributed by atoms with Gasteiger partial charge in [-0.1, -0.05) is 44.0 Å². The van der Waals surface area contributed by atoms with Gasteiger partial charge in [-0.15, -0.1) is 10.2 Å². The average molecular weight is 431 g/mol. The second-order valence-electron chi connectivity index (χ2n) is 9.08. The van der Waals surface area contributed by atoms with Crippen molar-refractivity contribution < 1.29 is 4.79 Å². The molecule has 1 aliphatic rings. The molecule has 1 aliphatic carbocycles. The van der Waals surface area contributed by atoms with E-state index in [0.29, 0.717) is 36.4 Å². The molecular weight excluding hydrogens is 396 g/mol. The highest BCUT2D eigenvalue weighted by Crippen LogP contribution is 2.39. The number of benzene rings is 1. The number of carbonyl (C=O) groups is 1. The summed E-state index contributed by atoms with van der Waals surface area (Å²) in [6.07, 6.45) is 7.20. The summed E-state index contributed by atoms with van der Waals surface area (Å²) >= 11 is 6.23. The van der Waals surface area contributed by atoms with Gasteiger partial charge in [-0.05, 0) is 62.3 Å². The highest BCUT2D eigenvalue weighted by atomic mass is 35.5. The van der Waals surface area contributed by atoms with Crippen molar-refractivity contribution in [2.75, 3.05) is 6.54 Å². The minimum Gasteiger partial charge on any atom is -0.330 e. The molecule has 0 saturated heterocycles. The van der Waals surface area contributed by atoms with Crippen molar-refractivity contribution in [2.45, 2.75) is 84.1 Å². The van der Waals surface area contributed by atoms with Gasteiger partial charge in [-0.2, -0.15) is 0 Å². The Kier molecular flexibility index (Phi) is 8.06. The summed E-state index contributed by atoms with van der Waals surface area (Å²) in [5, 5.41) is 9.81. The van der Waals surface area contributed by atoms with Crippen LogP contribution in [0.5, 0.6) is 0 Å². The van der Waals surface area contributed by atoms with Gasteiger partial charge >= 0.3 is 0 Å². The summed E-state index contributed by atoms with van der Waals surface area (Å²) in [4.78, 5) is 12.9. The smallest absolute Gasteiger partial charge is 0.138 e. The number of Topliss-reactive ketones (excluding diaryl/α,β-unsaturated/α-hetero) is 1. The first kappa shape index (κ1) is 23.0. The topological polar surface area (TPSA) is 73.8 Å². The van der Waals surface area contributed by atoms with Crippen LogP contribution in [0.2, 0.25) is 5.02 Å². The second-order valence-corrected chi connectivity index (χ2v) is 9.49. The Balaban J connectivity index is 1.74. The zero-order valence-electron chi connectivity index (χ0n) is 18.5. The van der Waals surface area contributed by atoms with Crippen LogP contribution in [0, 0.1) is 12.8 Å². The van der Waals surface area contributed by atoms with Crippen LogP contribution in [-0.2, 0) is 17.6 Å². The molecule has 2 N–H and O–H groups in total. The Bertz CT molecular complexity index is 857. The van der Waals surface area contributed by atoms with Crippen LogP contribution < -0.4 is 5.73 Å². The van der Waals surface area contributed by atoms with Crippen LogP contribution in [0.4, 0.5) is 0 Å². The average Bonchev–Trinajstić information content (AvgIpc) is 3.44. The van der Waals surface area contributed by atoms with Crippen molar-refractivity contribution in [1.82, 2.24) is 14.8 Å². The maximum atomic E-state index is 12.9. The molecule has 6 heteroatoms. The summed E-state index contributed by atoms with van der Waals surface area (Å²) < 4.78 is 2.33. The Labute approximate surface area is 185 Å². The first-order valence-electron chi connectivity index (χ1n) is 11.3. The lowest BCUT2D eigenvalue weighted by Gasteiger charge is -2.18. The number of aromatic nitrogens is 3. The molecule has 1 unspecified atom stereocenters. The molecule has 1 aromatic heterocycles. The van der Waals surface area contributed by atoms with Gasteiger partial charge in [-0.25, -0.2) is 0 Å². The minimum atomic E-state index is 0.0222. The molecule has 0 aliphatic heterocycles. The van der Waals surface area contributed by atoms with E-state index in [0.717, 1.165) is 42.0 Å². The predicted octanol–water partition coefficient (Wildman–Crippen LogP) is 5.19. The number of nitrogens with zero attached hydrogens (tertiary/aromatic N) is 3. The van der Waals surface area contributed by atoms with Crippen LogP contribution >= 0.6 is 11.6 Å². The highest BCUT2D eigenvalue weighted by Gasteiger charge is 2.32. The second kappa shape index (κ2) is 10.5. The molecule has 3 rings (SSSR count). The molecule has 0 amide bonds. The standard InChI is InChI=1S/C24H35ClN4O/c1-16(2)6-4-9-23-27-28-24(29(23)20-10-11-20)19(12-13-26)15-21(30)14-18-7-5-8-22(25)17(18)3/h5,7-8,16,19-20H,4,6,9-15,26H2,1-3H3. The lowest BCUT2D eigenvalue weighted by Crippen LogP contribution is -2.18. The molecule has 1 saturated carbocycles. The van der Waals surface area contributed by atoms with Gasteiger partial charge < -0.3 is 10.3 Å². The largest absolute Gasteiger partial charge is 0.330 e. The van der Waals surface area contributed by atoms with E-state index in [2.05, 4.69) is 28.6 Å². The first-order chi connectivity index (χ1) is 14.4. The monoisotopic (exact) mass is 430 g/mol. The maximum Gasteiger partial charge on any atom is 0.138 e. The van der Waals surface area contributed by atoms with Gasteiger partial charge in [-0.3, -0.25) is 4.79 Å². The lowest BCUT2D eigenvalue weighted by molar-refractivity contribution is -0.118. The van der Waals surface area contributed by atoms with E-state index in [1.165, 1.54) is 19.3 Å². The number of halogens is 1. The molecular formula is C24H35ClN4O. The van der Waals surface area contributed by atoms with E-state index >= 15 is 0 Å². The molecule has 1 atom stereocenters. The van der Waals surface area contributed by atoms with Crippen molar-refractivity contribution >= 4 is 17.4 Å². The van der Waals surface area contributed by atoms with E-state index < -0.39 is 0 Å². The fourth-order valence-electron chi connectivity index (χ4n) is 4.11. The van der Waals surface area contributed by atoms with Gasteiger partial charge in [0, 0.05) is 36.2 Å². The van der Waals surface area contributed by atoms with E-state index in [-0.39, 0.29) is 11.7 Å². The molecule has 30 heavy (non-hydrogen) atoms. The first-order valence-corrected chi connectivity index (χ1v) is 11.7. The third kappa shape index (κ3) is 5.92. The summed E-state index contributed by atoms with van der Waals surface area (Å²) in [5.41, 5.74) is 7.90. The van der Waals surface area contributed by atoms with Gasteiger partial charge in [0.2, 0.25) is 0 Å². The molecule has 1 heterocycles. The number of aryl methyl sites for hydroxylation is 1. The number of carbonyl (C=O) groups excluding carboxylic acids is 1. The van der Waals surface area contributed by atoms with E-state index in [4.69, 9.17) is 17.3 Å². The maximum absolute atomic E-state index is 12.9. The third-order valence-corrected chi connectivity index (χ3v) is 6.42. The minimum absolute atomic E-state index is 0.0222. The fraction of sp³-hybridized carbons (Fsp3) is 0.625. The zero-order chi connectivity index (χ0) is 21.7. The van der Waals surface area contributed by atoms with Crippen molar-refractivity contribution in [1.29, 1.82) is 0 Å². The Morgan fingerprint density at radius 3 is 2.70 bits per heavy atom. The van der Waals surface area contributed by atoms with E-state index in [1.54, 1.807) is 0 Å². The molecule has 1 fully saturated rings. The van der Waals surface area contributed by atoms with Crippen LogP contribution in [0.25, 0.3) is 0 Å². The predicted molar refractivity (Wildman–Crippen MR) is 122 cm³/mol. The molecule has 1 aromatic carbocycles. The Morgan fingerprint density at radius 1 is 1.27 bits per heavy atom. The molecule has 0 bridgehead atoms. The van der Waals surface area contributed by atoms with Crippen LogP contribution in [0.3, 0.4) is 0 Å². The normalized spacial score (nSPS) is 15.0. The number of hydrogen-bond donors (Lipinski definition) is 1. The summed E-state index contributed by atoms with van der Waals surface area (Å²) in [6, 6.07) is 6.25. The number of hydrogen-bond acceptors (Lipinski definition) is 4. The van der Waals surface area contributed by atoms with Crippen molar-refractivity contribution in [2.24, 2.45) is 11.7 Å². The van der Waals surface area contributed by atoms with Gasteiger partial charge in [0.05, 0.1) is 0 Å². The van der Waals surface area contributed by atoms with Crippen molar-refractivity contribution in [3.05, 3.63) is 46.0 Å². The van der Waals surface area contributed by atoms with E-state index in [1.807, 2.05) is 25.1 Å². The Morgan fingerprint density at radius 2 is 2.03 bits per heavy atom. The molecule has 2 aromatic rings. The van der Waals surface area contributed by atoms with E-state index in [9.17, 15) is 4.79 Å². The van der Waals surface area contributed by atoms with Crippen LogP contribution in [0.1, 0.15) is 87.1 Å². The summed E-state index contributed by atoms with van der Waals surface area (Å²) in [6.45, 7) is 7.01. The fourth-order valence-corrected chi connectivity index (χ4v) is 4.31. The van der Waals surface area contributed by atoms with Crippen molar-refractivity contribution in [3.63, 3.8) is 0 Å². The Hall–Kier alpha value is -1.72. The van der Waals surface area contributed by atoms with Crippen molar-refractivity contribution in [3.8, 4) is 0 Å².